The zero-order chi connectivity index (χ0) is 15.0. The Morgan fingerprint density at radius 3 is 2.86 bits per heavy atom. The normalized spacial score (nSPS) is 19.5. The second-order valence-corrected chi connectivity index (χ2v) is 6.92. The lowest BCUT2D eigenvalue weighted by molar-refractivity contribution is 0.0565. The molecular formula is C17H22N2O2. The number of aryl methyl sites for hydroxylation is 1. The van der Waals surface area contributed by atoms with Gasteiger partial charge in [0.1, 0.15) is 0 Å². The van der Waals surface area contributed by atoms with E-state index in [4.69, 9.17) is 4.52 Å². The molecule has 112 valence electrons. The molecular weight excluding hydrogens is 264 g/mol. The van der Waals surface area contributed by atoms with Gasteiger partial charge in [-0.25, -0.2) is 0 Å². The van der Waals surface area contributed by atoms with Gasteiger partial charge in [-0.05, 0) is 29.4 Å². The molecule has 2 atom stereocenters. The predicted octanol–water partition coefficient (Wildman–Crippen LogP) is 3.10. The van der Waals surface area contributed by atoms with E-state index in [1.807, 2.05) is 20.8 Å². The molecule has 1 aliphatic rings. The number of fused-ring (bicyclic) bond motifs is 1. The van der Waals surface area contributed by atoms with Crippen molar-refractivity contribution in [3.05, 3.63) is 47.1 Å². The fourth-order valence-electron chi connectivity index (χ4n) is 2.79. The smallest absolute Gasteiger partial charge is 0.229 e. The Hall–Kier alpha value is -1.68. The van der Waals surface area contributed by atoms with Gasteiger partial charge in [-0.3, -0.25) is 0 Å². The van der Waals surface area contributed by atoms with Crippen molar-refractivity contribution in [2.75, 3.05) is 0 Å². The van der Waals surface area contributed by atoms with E-state index in [1.54, 1.807) is 0 Å². The first-order valence-electron chi connectivity index (χ1n) is 7.53. The topological polar surface area (TPSA) is 59.2 Å². The molecule has 2 unspecified atom stereocenters. The van der Waals surface area contributed by atoms with Crippen LogP contribution in [0.5, 0.6) is 0 Å². The lowest BCUT2D eigenvalue weighted by atomic mass is 9.87. The van der Waals surface area contributed by atoms with E-state index in [1.165, 1.54) is 11.1 Å². The van der Waals surface area contributed by atoms with E-state index >= 15 is 0 Å². The molecule has 0 bridgehead atoms. The Labute approximate surface area is 125 Å². The van der Waals surface area contributed by atoms with Crippen molar-refractivity contribution < 1.29 is 9.63 Å². The van der Waals surface area contributed by atoms with Crippen molar-refractivity contribution in [3.8, 4) is 0 Å². The van der Waals surface area contributed by atoms with Crippen LogP contribution in [0.15, 0.2) is 28.8 Å². The van der Waals surface area contributed by atoms with Gasteiger partial charge in [0.2, 0.25) is 5.89 Å². The second-order valence-electron chi connectivity index (χ2n) is 6.92. The van der Waals surface area contributed by atoms with Gasteiger partial charge < -0.3 is 9.63 Å². The number of hydrogen-bond acceptors (Lipinski definition) is 4. The highest BCUT2D eigenvalue weighted by Crippen LogP contribution is 2.36. The van der Waals surface area contributed by atoms with E-state index in [0.29, 0.717) is 12.3 Å². The Kier molecular flexibility index (Phi) is 3.57. The molecule has 1 heterocycles. The molecule has 0 spiro atoms. The molecule has 1 aromatic heterocycles. The molecule has 1 aromatic carbocycles. The van der Waals surface area contributed by atoms with Crippen molar-refractivity contribution in [2.45, 2.75) is 52.1 Å². The Morgan fingerprint density at radius 2 is 2.10 bits per heavy atom. The van der Waals surface area contributed by atoms with E-state index in [0.717, 1.165) is 18.7 Å². The van der Waals surface area contributed by atoms with Crippen LogP contribution in [-0.2, 0) is 12.8 Å². The zero-order valence-electron chi connectivity index (χ0n) is 12.8. The summed E-state index contributed by atoms with van der Waals surface area (Å²) in [5.41, 5.74) is 2.50. The van der Waals surface area contributed by atoms with E-state index in [9.17, 15) is 5.11 Å². The minimum Gasteiger partial charge on any atom is -0.392 e. The van der Waals surface area contributed by atoms with Crippen molar-refractivity contribution >= 4 is 0 Å². The molecule has 3 rings (SSSR count). The van der Waals surface area contributed by atoms with Gasteiger partial charge >= 0.3 is 0 Å². The average Bonchev–Trinajstić information content (AvgIpc) is 3.03. The number of aromatic nitrogens is 2. The molecule has 4 nitrogen and oxygen atoms in total. The fourth-order valence-corrected chi connectivity index (χ4v) is 2.79. The average molecular weight is 286 g/mol. The summed E-state index contributed by atoms with van der Waals surface area (Å²) in [6.07, 6.45) is 2.02. The summed E-state index contributed by atoms with van der Waals surface area (Å²) in [6, 6.07) is 8.44. The van der Waals surface area contributed by atoms with Crippen LogP contribution in [0, 0.1) is 5.41 Å². The van der Waals surface area contributed by atoms with Crippen molar-refractivity contribution in [1.29, 1.82) is 0 Å². The maximum Gasteiger partial charge on any atom is 0.229 e. The van der Waals surface area contributed by atoms with E-state index < -0.39 is 6.10 Å². The van der Waals surface area contributed by atoms with Gasteiger partial charge in [-0.2, -0.15) is 4.98 Å². The van der Waals surface area contributed by atoms with Gasteiger partial charge in [0.25, 0.3) is 0 Å². The summed E-state index contributed by atoms with van der Waals surface area (Å²) in [7, 11) is 0. The minimum atomic E-state index is -0.485. The third-order valence-corrected chi connectivity index (χ3v) is 4.30. The minimum absolute atomic E-state index is 0.186. The molecule has 0 aliphatic heterocycles. The largest absolute Gasteiger partial charge is 0.392 e. The van der Waals surface area contributed by atoms with Crippen LogP contribution in [0.4, 0.5) is 0 Å². The number of nitrogens with zero attached hydrogens (tertiary/aromatic N) is 2. The highest BCUT2D eigenvalue weighted by atomic mass is 16.5. The van der Waals surface area contributed by atoms with Crippen LogP contribution < -0.4 is 0 Å². The van der Waals surface area contributed by atoms with E-state index in [2.05, 4.69) is 34.4 Å². The molecule has 0 radical (unpaired) electrons. The van der Waals surface area contributed by atoms with E-state index in [-0.39, 0.29) is 11.3 Å². The molecule has 0 fully saturated rings. The summed E-state index contributed by atoms with van der Waals surface area (Å²) in [6.45, 7) is 6.01. The van der Waals surface area contributed by atoms with Gasteiger partial charge in [0.05, 0.1) is 12.5 Å². The lowest BCUT2D eigenvalue weighted by Crippen LogP contribution is -2.28. The molecule has 0 saturated carbocycles. The lowest BCUT2D eigenvalue weighted by Gasteiger charge is -2.24. The van der Waals surface area contributed by atoms with Crippen LogP contribution >= 0.6 is 0 Å². The molecule has 21 heavy (non-hydrogen) atoms. The summed E-state index contributed by atoms with van der Waals surface area (Å²) in [4.78, 5) is 4.51. The third-order valence-electron chi connectivity index (χ3n) is 4.30. The maximum atomic E-state index is 10.1. The van der Waals surface area contributed by atoms with Gasteiger partial charge in [0, 0.05) is 5.92 Å². The van der Waals surface area contributed by atoms with Crippen LogP contribution in [0.3, 0.4) is 0 Å². The summed E-state index contributed by atoms with van der Waals surface area (Å²) < 4.78 is 5.34. The van der Waals surface area contributed by atoms with Crippen molar-refractivity contribution in [2.24, 2.45) is 5.41 Å². The number of aliphatic hydroxyl groups excluding tert-OH is 1. The first-order valence-corrected chi connectivity index (χ1v) is 7.53. The Bertz CT molecular complexity index is 628. The number of hydrogen-bond donors (Lipinski definition) is 1. The van der Waals surface area contributed by atoms with Crippen LogP contribution in [0.1, 0.15) is 56.0 Å². The first kappa shape index (κ1) is 14.3. The number of rotatable bonds is 3. The molecule has 0 amide bonds. The quantitative estimate of drug-likeness (QED) is 0.942. The number of aliphatic hydroxyl groups is 1. The van der Waals surface area contributed by atoms with Crippen molar-refractivity contribution in [1.82, 2.24) is 10.1 Å². The Morgan fingerprint density at radius 1 is 1.33 bits per heavy atom. The second kappa shape index (κ2) is 5.26. The summed E-state index contributed by atoms with van der Waals surface area (Å²) >= 11 is 0. The van der Waals surface area contributed by atoms with Gasteiger partial charge in [-0.15, -0.1) is 0 Å². The van der Waals surface area contributed by atoms with Gasteiger partial charge in [0.15, 0.2) is 5.82 Å². The third kappa shape index (κ3) is 2.86. The van der Waals surface area contributed by atoms with Crippen LogP contribution in [-0.4, -0.2) is 21.4 Å². The van der Waals surface area contributed by atoms with Crippen molar-refractivity contribution in [3.63, 3.8) is 0 Å². The fraction of sp³-hybridized carbons (Fsp3) is 0.529. The molecule has 2 aromatic rings. The molecule has 1 N–H and O–H groups in total. The van der Waals surface area contributed by atoms with Gasteiger partial charge in [-0.1, -0.05) is 50.2 Å². The van der Waals surface area contributed by atoms with Crippen LogP contribution in [0.25, 0.3) is 0 Å². The summed E-state index contributed by atoms with van der Waals surface area (Å²) in [5.74, 6) is 1.50. The standard InChI is InChI=1S/C17H22N2O2/c1-17(2,3)14(20)10-15-18-16(19-21-15)13-9-8-11-6-4-5-7-12(11)13/h4-7,13-14,20H,8-10H2,1-3H3. The monoisotopic (exact) mass is 286 g/mol. The zero-order valence-corrected chi connectivity index (χ0v) is 12.8. The summed E-state index contributed by atoms with van der Waals surface area (Å²) in [5, 5.41) is 14.3. The predicted molar refractivity (Wildman–Crippen MR) is 80.1 cm³/mol. The van der Waals surface area contributed by atoms with Crippen LogP contribution in [0.2, 0.25) is 0 Å². The highest BCUT2D eigenvalue weighted by Gasteiger charge is 2.29. The molecule has 4 heteroatoms. The Balaban J connectivity index is 1.78. The first-order chi connectivity index (χ1) is 9.95. The molecule has 1 aliphatic carbocycles. The number of benzene rings is 1. The maximum absolute atomic E-state index is 10.1. The molecule has 0 saturated heterocycles. The highest BCUT2D eigenvalue weighted by molar-refractivity contribution is 5.38. The SMILES string of the molecule is CC(C)(C)C(O)Cc1nc(C2CCc3ccccc32)no1.